The molecule has 3 atom stereocenters. The van der Waals surface area contributed by atoms with Gasteiger partial charge >= 0.3 is 0 Å². The van der Waals surface area contributed by atoms with Crippen LogP contribution in [0.25, 0.3) is 0 Å². The molecular weight excluding hydrogens is 276 g/mol. The molecule has 0 bridgehead atoms. The Morgan fingerprint density at radius 1 is 1.24 bits per heavy atom. The van der Waals surface area contributed by atoms with Crippen LogP contribution in [-0.4, -0.2) is 16.5 Å². The average Bonchev–Trinajstić information content (AvgIpc) is 2.72. The summed E-state index contributed by atoms with van der Waals surface area (Å²) in [4.78, 5) is 0.661. The Morgan fingerprint density at radius 2 is 1.94 bits per heavy atom. The molecule has 1 aliphatic heterocycles. The Hall–Kier alpha value is 0.440. The number of hydrogen-bond acceptors (Lipinski definition) is 1. The first-order valence-electron chi connectivity index (χ1n) is 7.47. The molecule has 100 valence electrons. The second-order valence-electron chi connectivity index (χ2n) is 6.16. The van der Waals surface area contributed by atoms with Crippen molar-refractivity contribution in [3.63, 3.8) is 0 Å². The molecule has 0 amide bonds. The maximum absolute atomic E-state index is 6.43. The summed E-state index contributed by atoms with van der Waals surface area (Å²) in [5.41, 5.74) is 0.302. The van der Waals surface area contributed by atoms with E-state index in [9.17, 15) is 0 Å². The van der Waals surface area contributed by atoms with Crippen molar-refractivity contribution in [1.82, 2.24) is 0 Å². The summed E-state index contributed by atoms with van der Waals surface area (Å²) in [6.45, 7) is 4.62. The molecule has 1 nitrogen and oxygen atoms in total. The minimum Gasteiger partial charge on any atom is -0.372 e. The fourth-order valence-corrected chi connectivity index (χ4v) is 3.81. The van der Waals surface area contributed by atoms with Crippen LogP contribution < -0.4 is 0 Å². The first kappa shape index (κ1) is 13.9. The van der Waals surface area contributed by atoms with Crippen LogP contribution in [0.2, 0.25) is 0 Å². The van der Waals surface area contributed by atoms with Crippen molar-refractivity contribution in [2.45, 2.75) is 88.2 Å². The smallest absolute Gasteiger partial charge is 0.0687 e. The highest BCUT2D eigenvalue weighted by atomic mass is 79.9. The molecule has 2 rings (SSSR count). The highest BCUT2D eigenvalue weighted by Crippen LogP contribution is 2.43. The molecule has 0 radical (unpaired) electrons. The van der Waals surface area contributed by atoms with Crippen LogP contribution >= 0.6 is 15.9 Å². The molecule has 17 heavy (non-hydrogen) atoms. The highest BCUT2D eigenvalue weighted by Gasteiger charge is 2.41. The molecule has 1 saturated heterocycles. The van der Waals surface area contributed by atoms with E-state index in [-0.39, 0.29) is 0 Å². The van der Waals surface area contributed by atoms with Crippen molar-refractivity contribution in [2.75, 3.05) is 0 Å². The Kier molecular flexibility index (Phi) is 4.94. The van der Waals surface area contributed by atoms with E-state index >= 15 is 0 Å². The zero-order chi connectivity index (χ0) is 12.3. The van der Waals surface area contributed by atoms with Gasteiger partial charge in [-0.2, -0.15) is 0 Å². The molecule has 0 N–H and O–H groups in total. The number of rotatable bonds is 4. The van der Waals surface area contributed by atoms with E-state index in [1.807, 2.05) is 0 Å². The quantitative estimate of drug-likeness (QED) is 0.659. The lowest BCUT2D eigenvalue weighted by atomic mass is 9.83. The summed E-state index contributed by atoms with van der Waals surface area (Å²) in [5, 5.41) is 0. The SMILES string of the molecule is CCC(Br)C(C)CC1CCC2(CCCCC2)O1. The van der Waals surface area contributed by atoms with Crippen molar-refractivity contribution in [3.8, 4) is 0 Å². The van der Waals surface area contributed by atoms with Gasteiger partial charge < -0.3 is 4.74 Å². The maximum atomic E-state index is 6.43. The first-order chi connectivity index (χ1) is 8.15. The van der Waals surface area contributed by atoms with Crippen LogP contribution in [0.4, 0.5) is 0 Å². The van der Waals surface area contributed by atoms with Crippen LogP contribution in [0, 0.1) is 5.92 Å². The number of alkyl halides is 1. The standard InChI is InChI=1S/C15H27BrO/c1-3-14(16)12(2)11-13-7-10-15(17-13)8-5-4-6-9-15/h12-14H,3-11H2,1-2H3. The predicted octanol–water partition coefficient (Wildman–Crippen LogP) is 5.07. The van der Waals surface area contributed by atoms with Gasteiger partial charge in [-0.15, -0.1) is 0 Å². The average molecular weight is 303 g/mol. The first-order valence-corrected chi connectivity index (χ1v) is 8.39. The monoisotopic (exact) mass is 302 g/mol. The van der Waals surface area contributed by atoms with E-state index in [4.69, 9.17) is 4.74 Å². The van der Waals surface area contributed by atoms with E-state index in [1.165, 1.54) is 57.8 Å². The van der Waals surface area contributed by atoms with Crippen LogP contribution in [0.15, 0.2) is 0 Å². The lowest BCUT2D eigenvalue weighted by Crippen LogP contribution is -2.32. The van der Waals surface area contributed by atoms with Crippen LogP contribution in [-0.2, 0) is 4.74 Å². The van der Waals surface area contributed by atoms with Crippen LogP contribution in [0.1, 0.15) is 71.6 Å². The van der Waals surface area contributed by atoms with Crippen molar-refractivity contribution >= 4 is 15.9 Å². The fourth-order valence-electron chi connectivity index (χ4n) is 3.59. The Morgan fingerprint density at radius 3 is 2.59 bits per heavy atom. The third-order valence-electron chi connectivity index (χ3n) is 4.75. The predicted molar refractivity (Wildman–Crippen MR) is 76.7 cm³/mol. The van der Waals surface area contributed by atoms with Gasteiger partial charge in [0, 0.05) is 4.83 Å². The number of ether oxygens (including phenoxy) is 1. The lowest BCUT2D eigenvalue weighted by molar-refractivity contribution is -0.0692. The minimum absolute atomic E-state index is 0.302. The summed E-state index contributed by atoms with van der Waals surface area (Å²) in [6, 6.07) is 0. The Bertz CT molecular complexity index is 235. The third-order valence-corrected chi connectivity index (χ3v) is 6.30. The van der Waals surface area contributed by atoms with Gasteiger partial charge in [0.1, 0.15) is 0 Å². The summed E-state index contributed by atoms with van der Waals surface area (Å²) in [5.74, 6) is 0.740. The van der Waals surface area contributed by atoms with Gasteiger partial charge in [0.25, 0.3) is 0 Å². The van der Waals surface area contributed by atoms with E-state index in [0.29, 0.717) is 16.5 Å². The maximum Gasteiger partial charge on any atom is 0.0687 e. The molecule has 3 unspecified atom stereocenters. The Balaban J connectivity index is 1.81. The Labute approximate surface area is 115 Å². The molecule has 0 aromatic rings. The molecule has 1 aliphatic carbocycles. The molecule has 1 heterocycles. The molecule has 2 fully saturated rings. The highest BCUT2D eigenvalue weighted by molar-refractivity contribution is 9.09. The van der Waals surface area contributed by atoms with Crippen molar-refractivity contribution in [3.05, 3.63) is 0 Å². The fraction of sp³-hybridized carbons (Fsp3) is 1.00. The molecule has 0 aromatic heterocycles. The number of halogens is 1. The van der Waals surface area contributed by atoms with Gasteiger partial charge in [0.05, 0.1) is 11.7 Å². The summed E-state index contributed by atoms with van der Waals surface area (Å²) < 4.78 is 6.43. The van der Waals surface area contributed by atoms with Crippen molar-refractivity contribution < 1.29 is 4.74 Å². The summed E-state index contributed by atoms with van der Waals surface area (Å²) >= 11 is 3.78. The van der Waals surface area contributed by atoms with E-state index < -0.39 is 0 Å². The normalized spacial score (nSPS) is 31.6. The minimum atomic E-state index is 0.302. The van der Waals surface area contributed by atoms with Gasteiger partial charge in [0.2, 0.25) is 0 Å². The number of hydrogen-bond donors (Lipinski definition) is 0. The van der Waals surface area contributed by atoms with Gasteiger partial charge in [0.15, 0.2) is 0 Å². The molecule has 1 spiro atoms. The third kappa shape index (κ3) is 3.47. The van der Waals surface area contributed by atoms with Crippen molar-refractivity contribution in [1.29, 1.82) is 0 Å². The lowest BCUT2D eigenvalue weighted by Gasteiger charge is -2.34. The van der Waals surface area contributed by atoms with Crippen molar-refractivity contribution in [2.24, 2.45) is 5.92 Å². The van der Waals surface area contributed by atoms with Crippen LogP contribution in [0.3, 0.4) is 0 Å². The van der Waals surface area contributed by atoms with Gasteiger partial charge in [-0.1, -0.05) is 49.0 Å². The van der Waals surface area contributed by atoms with E-state index in [2.05, 4.69) is 29.8 Å². The summed E-state index contributed by atoms with van der Waals surface area (Å²) in [6.07, 6.45) is 12.5. The zero-order valence-corrected chi connectivity index (χ0v) is 13.0. The van der Waals surface area contributed by atoms with Gasteiger partial charge in [-0.25, -0.2) is 0 Å². The van der Waals surface area contributed by atoms with Gasteiger partial charge in [-0.3, -0.25) is 0 Å². The molecular formula is C15H27BrO. The molecule has 1 saturated carbocycles. The van der Waals surface area contributed by atoms with Crippen LogP contribution in [0.5, 0.6) is 0 Å². The molecule has 2 heteroatoms. The topological polar surface area (TPSA) is 9.23 Å². The molecule has 0 aromatic carbocycles. The largest absolute Gasteiger partial charge is 0.372 e. The van der Waals surface area contributed by atoms with E-state index in [0.717, 1.165) is 5.92 Å². The van der Waals surface area contributed by atoms with E-state index in [1.54, 1.807) is 0 Å². The summed E-state index contributed by atoms with van der Waals surface area (Å²) in [7, 11) is 0. The second kappa shape index (κ2) is 6.06. The molecule has 2 aliphatic rings. The van der Waals surface area contributed by atoms with Gasteiger partial charge in [-0.05, 0) is 44.4 Å². The zero-order valence-electron chi connectivity index (χ0n) is 11.4. The second-order valence-corrected chi connectivity index (χ2v) is 7.34.